The van der Waals surface area contributed by atoms with Crippen molar-refractivity contribution >= 4 is 16.7 Å². The Bertz CT molecular complexity index is 805. The molecular weight excluding hydrogens is 252 g/mol. The minimum atomic E-state index is -0.341. The standard InChI is InChI=1S/C16H15N2O2/c1-17(2)13-7-9-18(10-8-13)14-11-12-5-3-4-6-15(12)20-16(14)19/h3-11H,1-2H3/q+1. The number of nitrogens with zero attached hydrogens (tertiary/aromatic N) is 2. The molecule has 0 atom stereocenters. The molecule has 0 spiro atoms. The lowest BCUT2D eigenvalue weighted by atomic mass is 10.2. The molecule has 4 nitrogen and oxygen atoms in total. The number of aromatic nitrogens is 1. The van der Waals surface area contributed by atoms with Crippen LogP contribution >= 0.6 is 0 Å². The van der Waals surface area contributed by atoms with Crippen molar-refractivity contribution in [1.29, 1.82) is 0 Å². The van der Waals surface area contributed by atoms with Gasteiger partial charge in [0.25, 0.3) is 5.69 Å². The lowest BCUT2D eigenvalue weighted by Crippen LogP contribution is -2.35. The largest absolute Gasteiger partial charge is 0.418 e. The summed E-state index contributed by atoms with van der Waals surface area (Å²) in [7, 11) is 3.95. The maximum atomic E-state index is 12.1. The van der Waals surface area contributed by atoms with E-state index in [0.717, 1.165) is 11.1 Å². The zero-order valence-electron chi connectivity index (χ0n) is 11.4. The van der Waals surface area contributed by atoms with Crippen LogP contribution in [0.5, 0.6) is 0 Å². The van der Waals surface area contributed by atoms with Gasteiger partial charge in [-0.05, 0) is 6.07 Å². The number of hydrogen-bond acceptors (Lipinski definition) is 3. The van der Waals surface area contributed by atoms with Gasteiger partial charge in [0, 0.05) is 43.4 Å². The first-order valence-corrected chi connectivity index (χ1v) is 6.37. The number of anilines is 1. The lowest BCUT2D eigenvalue weighted by Gasteiger charge is -2.10. The highest BCUT2D eigenvalue weighted by molar-refractivity contribution is 5.77. The maximum Gasteiger partial charge on any atom is 0.409 e. The highest BCUT2D eigenvalue weighted by Crippen LogP contribution is 2.13. The second-order valence-electron chi connectivity index (χ2n) is 4.81. The third kappa shape index (κ3) is 2.16. The van der Waals surface area contributed by atoms with Gasteiger partial charge in [0.1, 0.15) is 5.58 Å². The summed E-state index contributed by atoms with van der Waals surface area (Å²) in [6, 6.07) is 13.2. The molecule has 0 aliphatic heterocycles. The van der Waals surface area contributed by atoms with Gasteiger partial charge in [0.2, 0.25) is 0 Å². The van der Waals surface area contributed by atoms with Crippen molar-refractivity contribution < 1.29 is 8.98 Å². The average molecular weight is 267 g/mol. The van der Waals surface area contributed by atoms with E-state index in [1.54, 1.807) is 10.6 Å². The topological polar surface area (TPSA) is 37.3 Å². The summed E-state index contributed by atoms with van der Waals surface area (Å²) in [5.41, 5.74) is 1.85. The number of pyridine rings is 1. The SMILES string of the molecule is CN(C)c1cc[n+](-c2cc3ccccc3oc2=O)cc1. The van der Waals surface area contributed by atoms with Gasteiger partial charge in [0.05, 0.1) is 0 Å². The Balaban J connectivity index is 2.13. The quantitative estimate of drug-likeness (QED) is 0.527. The number of para-hydroxylation sites is 1. The van der Waals surface area contributed by atoms with Crippen LogP contribution in [0.3, 0.4) is 0 Å². The fourth-order valence-corrected chi connectivity index (χ4v) is 2.11. The number of rotatable bonds is 2. The van der Waals surface area contributed by atoms with E-state index in [-0.39, 0.29) is 5.63 Å². The van der Waals surface area contributed by atoms with E-state index in [0.29, 0.717) is 11.3 Å². The molecule has 2 heterocycles. The van der Waals surface area contributed by atoms with Crippen LogP contribution in [0.2, 0.25) is 0 Å². The molecular formula is C16H15N2O2+. The second-order valence-corrected chi connectivity index (χ2v) is 4.81. The van der Waals surface area contributed by atoms with Crippen molar-refractivity contribution in [2.75, 3.05) is 19.0 Å². The molecule has 20 heavy (non-hydrogen) atoms. The van der Waals surface area contributed by atoms with E-state index in [4.69, 9.17) is 4.42 Å². The van der Waals surface area contributed by atoms with Gasteiger partial charge in [-0.3, -0.25) is 0 Å². The van der Waals surface area contributed by atoms with E-state index in [1.165, 1.54) is 0 Å². The maximum absolute atomic E-state index is 12.1. The van der Waals surface area contributed by atoms with E-state index >= 15 is 0 Å². The van der Waals surface area contributed by atoms with Crippen LogP contribution < -0.4 is 15.1 Å². The van der Waals surface area contributed by atoms with Crippen LogP contribution in [0.4, 0.5) is 5.69 Å². The molecule has 0 radical (unpaired) electrons. The molecule has 0 aliphatic carbocycles. The number of hydrogen-bond donors (Lipinski definition) is 0. The molecule has 0 unspecified atom stereocenters. The number of benzene rings is 1. The van der Waals surface area contributed by atoms with Gasteiger partial charge in [-0.25, -0.2) is 4.79 Å². The van der Waals surface area contributed by atoms with E-state index in [9.17, 15) is 4.79 Å². The monoisotopic (exact) mass is 267 g/mol. The molecule has 0 saturated heterocycles. The molecule has 0 N–H and O–H groups in total. The minimum absolute atomic E-state index is 0.341. The predicted octanol–water partition coefficient (Wildman–Crippen LogP) is 2.14. The summed E-state index contributed by atoms with van der Waals surface area (Å²) in [6.07, 6.45) is 3.72. The fourth-order valence-electron chi connectivity index (χ4n) is 2.11. The second kappa shape index (κ2) is 4.81. The van der Waals surface area contributed by atoms with Gasteiger partial charge in [-0.15, -0.1) is 0 Å². The Hall–Kier alpha value is -2.62. The van der Waals surface area contributed by atoms with Gasteiger partial charge in [-0.1, -0.05) is 18.2 Å². The first kappa shape index (κ1) is 12.4. The Kier molecular flexibility index (Phi) is 2.99. The number of fused-ring (bicyclic) bond motifs is 1. The van der Waals surface area contributed by atoms with Gasteiger partial charge in [0.15, 0.2) is 12.4 Å². The summed E-state index contributed by atoms with van der Waals surface area (Å²) >= 11 is 0. The van der Waals surface area contributed by atoms with Crippen molar-refractivity contribution in [1.82, 2.24) is 0 Å². The first-order chi connectivity index (χ1) is 9.65. The molecule has 1 aromatic carbocycles. The van der Waals surface area contributed by atoms with Crippen LogP contribution in [-0.2, 0) is 0 Å². The van der Waals surface area contributed by atoms with Crippen molar-refractivity contribution in [3.05, 3.63) is 65.3 Å². The molecule has 0 bridgehead atoms. The Morgan fingerprint density at radius 2 is 1.75 bits per heavy atom. The summed E-state index contributed by atoms with van der Waals surface area (Å²) < 4.78 is 7.11. The summed E-state index contributed by atoms with van der Waals surface area (Å²) in [5.74, 6) is 0. The highest BCUT2D eigenvalue weighted by atomic mass is 16.4. The van der Waals surface area contributed by atoms with E-state index < -0.39 is 0 Å². The Morgan fingerprint density at radius 1 is 1.05 bits per heavy atom. The van der Waals surface area contributed by atoms with Crippen LogP contribution in [0, 0.1) is 0 Å². The van der Waals surface area contributed by atoms with Crippen LogP contribution in [0.25, 0.3) is 16.7 Å². The summed E-state index contributed by atoms with van der Waals surface area (Å²) in [4.78, 5) is 14.1. The van der Waals surface area contributed by atoms with Crippen molar-refractivity contribution in [3.8, 4) is 5.69 Å². The zero-order chi connectivity index (χ0) is 14.1. The van der Waals surface area contributed by atoms with Crippen molar-refractivity contribution in [2.45, 2.75) is 0 Å². The Morgan fingerprint density at radius 3 is 2.45 bits per heavy atom. The molecule has 100 valence electrons. The Labute approximate surface area is 116 Å². The van der Waals surface area contributed by atoms with Crippen LogP contribution in [0.1, 0.15) is 0 Å². The third-order valence-corrected chi connectivity index (χ3v) is 3.23. The fraction of sp³-hybridized carbons (Fsp3) is 0.125. The predicted molar refractivity (Wildman–Crippen MR) is 78.3 cm³/mol. The molecule has 4 heteroatoms. The first-order valence-electron chi connectivity index (χ1n) is 6.37. The van der Waals surface area contributed by atoms with Crippen molar-refractivity contribution in [3.63, 3.8) is 0 Å². The van der Waals surface area contributed by atoms with Gasteiger partial charge in [-0.2, -0.15) is 4.57 Å². The van der Waals surface area contributed by atoms with E-state index in [1.807, 2.05) is 67.8 Å². The minimum Gasteiger partial charge on any atom is -0.418 e. The summed E-state index contributed by atoms with van der Waals surface area (Å²) in [5, 5.41) is 0.909. The average Bonchev–Trinajstić information content (AvgIpc) is 2.46. The lowest BCUT2D eigenvalue weighted by molar-refractivity contribution is -0.597. The van der Waals surface area contributed by atoms with E-state index in [2.05, 4.69) is 0 Å². The van der Waals surface area contributed by atoms with Gasteiger partial charge < -0.3 is 9.32 Å². The van der Waals surface area contributed by atoms with Crippen LogP contribution in [-0.4, -0.2) is 14.1 Å². The van der Waals surface area contributed by atoms with Gasteiger partial charge >= 0.3 is 5.63 Å². The zero-order valence-corrected chi connectivity index (χ0v) is 11.4. The molecule has 0 fully saturated rings. The molecule has 3 aromatic rings. The highest BCUT2D eigenvalue weighted by Gasteiger charge is 2.14. The summed E-state index contributed by atoms with van der Waals surface area (Å²) in [6.45, 7) is 0. The van der Waals surface area contributed by atoms with Crippen molar-refractivity contribution in [2.24, 2.45) is 0 Å². The smallest absolute Gasteiger partial charge is 0.409 e. The van der Waals surface area contributed by atoms with Crippen LogP contribution in [0.15, 0.2) is 64.1 Å². The molecule has 2 aromatic heterocycles. The molecule has 0 saturated carbocycles. The molecule has 3 rings (SSSR count). The molecule has 0 amide bonds. The normalized spacial score (nSPS) is 10.7. The molecule has 0 aliphatic rings. The third-order valence-electron chi connectivity index (χ3n) is 3.23.